The number of nitrogens with zero attached hydrogens (tertiary/aromatic N) is 2. The average molecular weight is 336 g/mol. The Morgan fingerprint density at radius 1 is 1.08 bits per heavy atom. The molecule has 1 heterocycles. The number of benzene rings is 1. The van der Waals surface area contributed by atoms with Gasteiger partial charge >= 0.3 is 11.9 Å². The Morgan fingerprint density at radius 3 is 2.33 bits per heavy atom. The van der Waals surface area contributed by atoms with Gasteiger partial charge in [-0.3, -0.25) is 14.6 Å². The molecule has 0 amide bonds. The van der Waals surface area contributed by atoms with Gasteiger partial charge in [0.2, 0.25) is 0 Å². The van der Waals surface area contributed by atoms with Gasteiger partial charge in [0.25, 0.3) is 0 Å². The molecule has 0 bridgehead atoms. The molecular weight excluding hydrogens is 312 g/mol. The zero-order valence-electron chi connectivity index (χ0n) is 13.9. The first-order valence-corrected chi connectivity index (χ1v) is 8.10. The van der Waals surface area contributed by atoms with Gasteiger partial charge in [0.1, 0.15) is 17.9 Å². The maximum absolute atomic E-state index is 12.2. The predicted molar refractivity (Wildman–Crippen MR) is 88.0 cm³/mol. The van der Waals surface area contributed by atoms with Crippen LogP contribution in [0.5, 0.6) is 5.75 Å². The lowest BCUT2D eigenvalue weighted by Gasteiger charge is -2.34. The highest BCUT2D eigenvalue weighted by Gasteiger charge is 2.18. The minimum atomic E-state index is -0.495. The van der Waals surface area contributed by atoms with Crippen molar-refractivity contribution in [1.29, 1.82) is 0 Å². The maximum atomic E-state index is 12.2. The second kappa shape index (κ2) is 9.36. The molecule has 2 rings (SSSR count). The van der Waals surface area contributed by atoms with Crippen LogP contribution in [-0.2, 0) is 9.53 Å². The Hall–Kier alpha value is -1.96. The van der Waals surface area contributed by atoms with E-state index in [9.17, 15) is 9.59 Å². The van der Waals surface area contributed by atoms with Gasteiger partial charge in [0, 0.05) is 46.2 Å². The van der Waals surface area contributed by atoms with Gasteiger partial charge in [-0.05, 0) is 12.1 Å². The molecule has 1 fully saturated rings. The van der Waals surface area contributed by atoms with Gasteiger partial charge in [0.05, 0.1) is 6.61 Å². The number of hydrogen-bond donors (Lipinski definition) is 1. The lowest BCUT2D eigenvalue weighted by atomic mass is 10.2. The third kappa shape index (κ3) is 5.59. The molecule has 1 aromatic rings. The largest absolute Gasteiger partial charge is 0.461 e. The summed E-state index contributed by atoms with van der Waals surface area (Å²) in [6.45, 7) is 6.71. The highest BCUT2D eigenvalue weighted by molar-refractivity contribution is 5.93. The molecule has 1 aliphatic heterocycles. The smallest absolute Gasteiger partial charge is 0.341 e. The lowest BCUT2D eigenvalue weighted by Crippen LogP contribution is -2.48. The van der Waals surface area contributed by atoms with Gasteiger partial charge in [-0.2, -0.15) is 0 Å². The van der Waals surface area contributed by atoms with E-state index in [1.807, 2.05) is 0 Å². The third-order valence-electron chi connectivity index (χ3n) is 3.88. The Kier molecular flexibility index (Phi) is 7.17. The van der Waals surface area contributed by atoms with E-state index in [1.54, 1.807) is 24.3 Å². The lowest BCUT2D eigenvalue weighted by molar-refractivity contribution is -0.131. The molecule has 1 N–H and O–H groups in total. The van der Waals surface area contributed by atoms with Crippen molar-refractivity contribution < 1.29 is 24.2 Å². The summed E-state index contributed by atoms with van der Waals surface area (Å²) in [7, 11) is 0. The van der Waals surface area contributed by atoms with Crippen molar-refractivity contribution in [3.63, 3.8) is 0 Å². The second-order valence-corrected chi connectivity index (χ2v) is 5.63. The van der Waals surface area contributed by atoms with Crippen LogP contribution in [0.2, 0.25) is 0 Å². The summed E-state index contributed by atoms with van der Waals surface area (Å²) in [5.41, 5.74) is 0.250. The predicted octanol–water partition coefficient (Wildman–Crippen LogP) is 0.379. The molecule has 0 spiro atoms. The van der Waals surface area contributed by atoms with Crippen LogP contribution in [0.1, 0.15) is 17.3 Å². The fourth-order valence-electron chi connectivity index (χ4n) is 2.60. The van der Waals surface area contributed by atoms with E-state index in [1.165, 1.54) is 6.92 Å². The van der Waals surface area contributed by atoms with Crippen molar-refractivity contribution in [1.82, 2.24) is 9.80 Å². The van der Waals surface area contributed by atoms with Crippen LogP contribution in [0, 0.1) is 0 Å². The summed E-state index contributed by atoms with van der Waals surface area (Å²) >= 11 is 0. The van der Waals surface area contributed by atoms with Crippen LogP contribution in [0.15, 0.2) is 24.3 Å². The van der Waals surface area contributed by atoms with E-state index in [-0.39, 0.29) is 24.5 Å². The monoisotopic (exact) mass is 336 g/mol. The zero-order valence-corrected chi connectivity index (χ0v) is 13.9. The van der Waals surface area contributed by atoms with Crippen LogP contribution < -0.4 is 4.74 Å². The summed E-state index contributed by atoms with van der Waals surface area (Å²) in [4.78, 5) is 27.7. The molecule has 0 radical (unpaired) electrons. The molecule has 132 valence electrons. The number of ether oxygens (including phenoxy) is 2. The standard InChI is InChI=1S/C17H24N2O5/c1-14(21)24-16-5-3-2-4-15(16)17(22)23-13-11-19-8-6-18(7-9-19)10-12-20/h2-5,20H,6-13H2,1H3. The molecule has 7 nitrogen and oxygen atoms in total. The fraction of sp³-hybridized carbons (Fsp3) is 0.529. The number of para-hydroxylation sites is 1. The molecule has 0 atom stereocenters. The highest BCUT2D eigenvalue weighted by Crippen LogP contribution is 2.19. The van der Waals surface area contributed by atoms with E-state index in [2.05, 4.69) is 9.80 Å². The Bertz CT molecular complexity index is 556. The van der Waals surface area contributed by atoms with Gasteiger partial charge < -0.3 is 14.6 Å². The van der Waals surface area contributed by atoms with Crippen molar-refractivity contribution >= 4 is 11.9 Å². The number of β-amino-alcohol motifs (C(OH)–C–C–N with tert-alkyl or cyclic N) is 1. The van der Waals surface area contributed by atoms with Gasteiger partial charge in [-0.1, -0.05) is 12.1 Å². The van der Waals surface area contributed by atoms with E-state index < -0.39 is 11.9 Å². The molecule has 1 aromatic carbocycles. The first-order valence-electron chi connectivity index (χ1n) is 8.10. The molecular formula is C17H24N2O5. The minimum absolute atomic E-state index is 0.180. The third-order valence-corrected chi connectivity index (χ3v) is 3.88. The number of esters is 2. The molecule has 1 saturated heterocycles. The number of carbonyl (C=O) groups is 2. The molecule has 0 saturated carbocycles. The Balaban J connectivity index is 1.77. The van der Waals surface area contributed by atoms with Crippen LogP contribution in [0.25, 0.3) is 0 Å². The second-order valence-electron chi connectivity index (χ2n) is 5.63. The van der Waals surface area contributed by atoms with E-state index in [4.69, 9.17) is 14.6 Å². The number of hydrogen-bond acceptors (Lipinski definition) is 7. The van der Waals surface area contributed by atoms with Crippen molar-refractivity contribution in [2.45, 2.75) is 6.92 Å². The van der Waals surface area contributed by atoms with Crippen LogP contribution in [-0.4, -0.2) is 79.3 Å². The minimum Gasteiger partial charge on any atom is -0.461 e. The summed E-state index contributed by atoms with van der Waals surface area (Å²) < 4.78 is 10.3. The fourth-order valence-corrected chi connectivity index (χ4v) is 2.60. The Morgan fingerprint density at radius 2 is 1.71 bits per heavy atom. The van der Waals surface area contributed by atoms with Crippen molar-refractivity contribution in [2.24, 2.45) is 0 Å². The number of rotatable bonds is 7. The van der Waals surface area contributed by atoms with Crippen molar-refractivity contribution in [3.05, 3.63) is 29.8 Å². The number of carbonyl (C=O) groups excluding carboxylic acids is 2. The Labute approximate surface area is 141 Å². The summed E-state index contributed by atoms with van der Waals surface area (Å²) in [5.74, 6) is -0.755. The van der Waals surface area contributed by atoms with Crippen LogP contribution in [0.3, 0.4) is 0 Å². The molecule has 7 heteroatoms. The van der Waals surface area contributed by atoms with E-state index in [0.29, 0.717) is 13.1 Å². The average Bonchev–Trinajstić information content (AvgIpc) is 2.56. The van der Waals surface area contributed by atoms with Crippen molar-refractivity contribution in [2.75, 3.05) is 52.5 Å². The van der Waals surface area contributed by atoms with Crippen LogP contribution in [0.4, 0.5) is 0 Å². The number of aliphatic hydroxyl groups is 1. The van der Waals surface area contributed by atoms with Crippen LogP contribution >= 0.6 is 0 Å². The molecule has 0 unspecified atom stereocenters. The molecule has 0 aromatic heterocycles. The van der Waals surface area contributed by atoms with Crippen molar-refractivity contribution in [3.8, 4) is 5.75 Å². The SMILES string of the molecule is CC(=O)Oc1ccccc1C(=O)OCCN1CCN(CCO)CC1. The van der Waals surface area contributed by atoms with Gasteiger partial charge in [0.15, 0.2) is 0 Å². The molecule has 0 aliphatic carbocycles. The first kappa shape index (κ1) is 18.4. The summed E-state index contributed by atoms with van der Waals surface area (Å²) in [5, 5.41) is 8.93. The zero-order chi connectivity index (χ0) is 17.4. The van der Waals surface area contributed by atoms with Gasteiger partial charge in [-0.15, -0.1) is 0 Å². The number of aliphatic hydroxyl groups excluding tert-OH is 1. The quantitative estimate of drug-likeness (QED) is 0.569. The number of piperazine rings is 1. The van der Waals surface area contributed by atoms with E-state index >= 15 is 0 Å². The molecule has 1 aliphatic rings. The topological polar surface area (TPSA) is 79.3 Å². The maximum Gasteiger partial charge on any atom is 0.341 e. The van der Waals surface area contributed by atoms with E-state index in [0.717, 1.165) is 26.2 Å². The summed E-state index contributed by atoms with van der Waals surface area (Å²) in [6.07, 6.45) is 0. The molecule has 24 heavy (non-hydrogen) atoms. The normalized spacial score (nSPS) is 15.9. The van der Waals surface area contributed by atoms with Gasteiger partial charge in [-0.25, -0.2) is 4.79 Å². The summed E-state index contributed by atoms with van der Waals surface area (Å²) in [6, 6.07) is 6.54. The first-order chi connectivity index (χ1) is 11.6. The highest BCUT2D eigenvalue weighted by atomic mass is 16.5.